The Kier molecular flexibility index (Phi) is 6.81. The first-order chi connectivity index (χ1) is 13.6. The van der Waals surface area contributed by atoms with Gasteiger partial charge in [-0.05, 0) is 50.1 Å². The summed E-state index contributed by atoms with van der Waals surface area (Å²) in [4.78, 5) is 16.2. The van der Waals surface area contributed by atoms with Gasteiger partial charge in [-0.3, -0.25) is 9.78 Å². The molecule has 28 heavy (non-hydrogen) atoms. The highest BCUT2D eigenvalue weighted by molar-refractivity contribution is 7.98. The Balaban J connectivity index is 1.66. The van der Waals surface area contributed by atoms with Gasteiger partial charge in [0.15, 0.2) is 11.0 Å². The molecule has 2 heterocycles. The van der Waals surface area contributed by atoms with E-state index in [1.54, 1.807) is 24.2 Å². The van der Waals surface area contributed by atoms with Crippen LogP contribution in [0, 0.1) is 0 Å². The van der Waals surface area contributed by atoms with Crippen LogP contribution >= 0.6 is 11.8 Å². The molecule has 0 saturated heterocycles. The van der Waals surface area contributed by atoms with E-state index < -0.39 is 0 Å². The first-order valence-electron chi connectivity index (χ1n) is 9.48. The maximum absolute atomic E-state index is 12.2. The summed E-state index contributed by atoms with van der Waals surface area (Å²) in [6, 6.07) is 11.8. The standard InChI is InChI=1S/C21H25N5OS/c1-4-15(3)23-20(27)18-8-6-16(7-9-18)14-28-21-25-24-19(26(21)5-2)17-10-12-22-13-11-17/h6-13,15H,4-5,14H2,1-3H3,(H,23,27). The summed E-state index contributed by atoms with van der Waals surface area (Å²) in [6.07, 6.45) is 4.44. The summed E-state index contributed by atoms with van der Waals surface area (Å²) >= 11 is 1.64. The van der Waals surface area contributed by atoms with Gasteiger partial charge in [0.1, 0.15) is 0 Å². The van der Waals surface area contributed by atoms with E-state index in [0.29, 0.717) is 5.56 Å². The topological polar surface area (TPSA) is 72.7 Å². The number of carbonyl (C=O) groups is 1. The zero-order valence-corrected chi connectivity index (χ0v) is 17.2. The molecule has 0 spiro atoms. The number of rotatable bonds is 8. The summed E-state index contributed by atoms with van der Waals surface area (Å²) in [5.74, 6) is 1.59. The van der Waals surface area contributed by atoms with Crippen molar-refractivity contribution in [3.63, 3.8) is 0 Å². The quantitative estimate of drug-likeness (QED) is 0.579. The fraction of sp³-hybridized carbons (Fsp3) is 0.333. The minimum absolute atomic E-state index is 0.0266. The number of thioether (sulfide) groups is 1. The summed E-state index contributed by atoms with van der Waals surface area (Å²) in [5.41, 5.74) is 2.83. The molecule has 0 aliphatic carbocycles. The first kappa shape index (κ1) is 20.1. The van der Waals surface area contributed by atoms with Gasteiger partial charge < -0.3 is 9.88 Å². The number of nitrogens with one attached hydrogen (secondary N) is 1. The van der Waals surface area contributed by atoms with Gasteiger partial charge in [-0.2, -0.15) is 0 Å². The minimum Gasteiger partial charge on any atom is -0.350 e. The third-order valence-electron chi connectivity index (χ3n) is 4.55. The predicted octanol–water partition coefficient (Wildman–Crippen LogP) is 4.18. The molecule has 1 N–H and O–H groups in total. The number of hydrogen-bond donors (Lipinski definition) is 1. The van der Waals surface area contributed by atoms with Gasteiger partial charge >= 0.3 is 0 Å². The van der Waals surface area contributed by atoms with Crippen LogP contribution in [0.5, 0.6) is 0 Å². The lowest BCUT2D eigenvalue weighted by Gasteiger charge is -2.11. The average molecular weight is 396 g/mol. The molecular weight excluding hydrogens is 370 g/mol. The van der Waals surface area contributed by atoms with Gasteiger partial charge in [-0.1, -0.05) is 30.8 Å². The van der Waals surface area contributed by atoms with Crippen molar-refractivity contribution >= 4 is 17.7 Å². The molecule has 2 aromatic heterocycles. The highest BCUT2D eigenvalue weighted by atomic mass is 32.2. The third kappa shape index (κ3) is 4.78. The SMILES string of the molecule is CCC(C)NC(=O)c1ccc(CSc2nnc(-c3ccncc3)n2CC)cc1. The van der Waals surface area contributed by atoms with Crippen LogP contribution in [0.25, 0.3) is 11.4 Å². The highest BCUT2D eigenvalue weighted by Gasteiger charge is 2.13. The van der Waals surface area contributed by atoms with E-state index >= 15 is 0 Å². The average Bonchev–Trinajstić information content (AvgIpc) is 3.16. The Morgan fingerprint density at radius 1 is 1.11 bits per heavy atom. The Hall–Kier alpha value is -2.67. The van der Waals surface area contributed by atoms with Crippen LogP contribution in [0.3, 0.4) is 0 Å². The molecule has 0 saturated carbocycles. The molecule has 7 heteroatoms. The fourth-order valence-electron chi connectivity index (χ4n) is 2.70. The zero-order chi connectivity index (χ0) is 19.9. The van der Waals surface area contributed by atoms with Crippen molar-refractivity contribution in [2.24, 2.45) is 0 Å². The van der Waals surface area contributed by atoms with E-state index in [1.165, 1.54) is 0 Å². The van der Waals surface area contributed by atoms with Crippen LogP contribution in [-0.2, 0) is 12.3 Å². The van der Waals surface area contributed by atoms with Crippen LogP contribution in [0.4, 0.5) is 0 Å². The van der Waals surface area contributed by atoms with Crippen LogP contribution in [0.15, 0.2) is 53.9 Å². The molecule has 1 aromatic carbocycles. The van der Waals surface area contributed by atoms with Crippen molar-refractivity contribution in [3.8, 4) is 11.4 Å². The highest BCUT2D eigenvalue weighted by Crippen LogP contribution is 2.26. The number of benzene rings is 1. The molecule has 1 atom stereocenters. The number of aromatic nitrogens is 4. The number of amides is 1. The van der Waals surface area contributed by atoms with Gasteiger partial charge in [-0.25, -0.2) is 0 Å². The number of hydrogen-bond acceptors (Lipinski definition) is 5. The van der Waals surface area contributed by atoms with Gasteiger partial charge in [-0.15, -0.1) is 10.2 Å². The Morgan fingerprint density at radius 2 is 1.82 bits per heavy atom. The number of pyridine rings is 1. The van der Waals surface area contributed by atoms with Crippen molar-refractivity contribution < 1.29 is 4.79 Å². The monoisotopic (exact) mass is 395 g/mol. The number of nitrogens with zero attached hydrogens (tertiary/aromatic N) is 4. The molecule has 0 radical (unpaired) electrons. The van der Waals surface area contributed by atoms with E-state index in [4.69, 9.17) is 0 Å². The first-order valence-corrected chi connectivity index (χ1v) is 10.5. The van der Waals surface area contributed by atoms with E-state index in [1.807, 2.05) is 43.3 Å². The lowest BCUT2D eigenvalue weighted by molar-refractivity contribution is 0.0939. The Bertz CT molecular complexity index is 908. The van der Waals surface area contributed by atoms with Gasteiger partial charge in [0.05, 0.1) is 0 Å². The van der Waals surface area contributed by atoms with E-state index in [-0.39, 0.29) is 11.9 Å². The van der Waals surface area contributed by atoms with E-state index in [2.05, 4.69) is 38.9 Å². The lowest BCUT2D eigenvalue weighted by Crippen LogP contribution is -2.31. The molecule has 0 aliphatic rings. The molecule has 0 aliphatic heterocycles. The van der Waals surface area contributed by atoms with Crippen LogP contribution in [-0.4, -0.2) is 31.7 Å². The normalized spacial score (nSPS) is 12.0. The molecule has 0 fully saturated rings. The van der Waals surface area contributed by atoms with Crippen molar-refractivity contribution in [1.29, 1.82) is 0 Å². The summed E-state index contributed by atoms with van der Waals surface area (Å²) < 4.78 is 2.11. The summed E-state index contributed by atoms with van der Waals surface area (Å²) in [7, 11) is 0. The van der Waals surface area contributed by atoms with E-state index in [9.17, 15) is 4.79 Å². The molecule has 0 bridgehead atoms. The Morgan fingerprint density at radius 3 is 2.46 bits per heavy atom. The van der Waals surface area contributed by atoms with Crippen molar-refractivity contribution in [1.82, 2.24) is 25.1 Å². The third-order valence-corrected chi connectivity index (χ3v) is 5.58. The molecule has 3 rings (SSSR count). The predicted molar refractivity (Wildman–Crippen MR) is 112 cm³/mol. The fourth-order valence-corrected chi connectivity index (χ4v) is 3.66. The smallest absolute Gasteiger partial charge is 0.251 e. The molecular formula is C21H25N5OS. The molecule has 1 amide bonds. The zero-order valence-electron chi connectivity index (χ0n) is 16.4. The summed E-state index contributed by atoms with van der Waals surface area (Å²) in [5, 5.41) is 12.6. The second-order valence-corrected chi connectivity index (χ2v) is 7.50. The van der Waals surface area contributed by atoms with Gasteiger partial charge in [0.2, 0.25) is 0 Å². The van der Waals surface area contributed by atoms with Crippen molar-refractivity contribution in [2.75, 3.05) is 0 Å². The molecule has 6 nitrogen and oxygen atoms in total. The maximum atomic E-state index is 12.2. The second-order valence-electron chi connectivity index (χ2n) is 6.55. The van der Waals surface area contributed by atoms with Crippen molar-refractivity contribution in [3.05, 3.63) is 59.9 Å². The number of carbonyl (C=O) groups excluding carboxylic acids is 1. The largest absolute Gasteiger partial charge is 0.350 e. The molecule has 146 valence electrons. The summed E-state index contributed by atoms with van der Waals surface area (Å²) in [6.45, 7) is 6.94. The lowest BCUT2D eigenvalue weighted by atomic mass is 10.1. The van der Waals surface area contributed by atoms with Crippen LogP contribution < -0.4 is 5.32 Å². The van der Waals surface area contributed by atoms with Crippen molar-refractivity contribution in [2.45, 2.75) is 50.7 Å². The minimum atomic E-state index is -0.0266. The van der Waals surface area contributed by atoms with Crippen LogP contribution in [0.2, 0.25) is 0 Å². The second kappa shape index (κ2) is 9.50. The molecule has 3 aromatic rings. The Labute approximate surface area is 169 Å². The van der Waals surface area contributed by atoms with Gasteiger partial charge in [0.25, 0.3) is 5.91 Å². The van der Waals surface area contributed by atoms with Crippen LogP contribution in [0.1, 0.15) is 43.1 Å². The van der Waals surface area contributed by atoms with E-state index in [0.717, 1.165) is 40.8 Å². The maximum Gasteiger partial charge on any atom is 0.251 e. The van der Waals surface area contributed by atoms with Gasteiger partial charge in [0, 0.05) is 41.9 Å². The molecule has 1 unspecified atom stereocenters.